The first-order valence-electron chi connectivity index (χ1n) is 13.0. The molecule has 0 aliphatic heterocycles. The van der Waals surface area contributed by atoms with Crippen molar-refractivity contribution in [2.24, 2.45) is 0 Å². The average Bonchev–Trinajstić information content (AvgIpc) is 2.90. The Morgan fingerprint density at radius 3 is 1.38 bits per heavy atom. The van der Waals surface area contributed by atoms with Gasteiger partial charge in [0.2, 0.25) is 0 Å². The molecule has 0 aromatic heterocycles. The Bertz CT molecular complexity index is 939. The van der Waals surface area contributed by atoms with E-state index in [0.717, 1.165) is 6.16 Å². The average molecular weight is 525 g/mol. The van der Waals surface area contributed by atoms with E-state index in [9.17, 15) is 4.79 Å². The topological polar surface area (TPSA) is 54.0 Å². The molecule has 0 aliphatic carbocycles. The molecule has 0 unspecified atom stereocenters. The molecule has 0 saturated heterocycles. The van der Waals surface area contributed by atoms with E-state index in [1.54, 1.807) is 0 Å². The molecule has 0 heterocycles. The second-order valence-electron chi connectivity index (χ2n) is 9.93. The number of hydrogen-bond donors (Lipinski definition) is 0. The molecule has 200 valence electrons. The van der Waals surface area contributed by atoms with Gasteiger partial charge >= 0.3 is 187 Å². The van der Waals surface area contributed by atoms with Gasteiger partial charge in [-0.25, -0.2) is 0 Å². The second-order valence-corrected chi connectivity index (χ2v) is 14.0. The first-order chi connectivity index (χ1) is 17.9. The van der Waals surface area contributed by atoms with Crippen molar-refractivity contribution >= 4 is 29.1 Å². The fraction of sp³-hybridized carbons (Fsp3) is 0.387. The third-order valence-corrected chi connectivity index (χ3v) is 10.9. The van der Waals surface area contributed by atoms with E-state index in [4.69, 9.17) is 18.9 Å². The van der Waals surface area contributed by atoms with Gasteiger partial charge in [-0.05, 0) is 20.8 Å². The van der Waals surface area contributed by atoms with E-state index in [1.807, 2.05) is 20.8 Å². The molecule has 0 radical (unpaired) electrons. The van der Waals surface area contributed by atoms with E-state index in [1.165, 1.54) is 15.9 Å². The molecule has 0 N–H and O–H groups in total. The van der Waals surface area contributed by atoms with Crippen molar-refractivity contribution in [1.82, 2.24) is 0 Å². The molecule has 0 spiro atoms. The van der Waals surface area contributed by atoms with Crippen molar-refractivity contribution < 1.29 is 23.7 Å². The predicted octanol–water partition coefficient (Wildman–Crippen LogP) is 4.49. The first-order valence-corrected chi connectivity index (χ1v) is 15.2. The van der Waals surface area contributed by atoms with Crippen molar-refractivity contribution in [2.45, 2.75) is 32.8 Å². The molecule has 0 amide bonds. The molecule has 0 saturated carbocycles. The third kappa shape index (κ3) is 9.36. The molecule has 5 nitrogen and oxygen atoms in total. The maximum absolute atomic E-state index is 11.7. The Hall–Kier alpha value is -2.56. The van der Waals surface area contributed by atoms with Gasteiger partial charge in [0.1, 0.15) is 5.60 Å². The van der Waals surface area contributed by atoms with Crippen LogP contribution in [0.3, 0.4) is 0 Å². The van der Waals surface area contributed by atoms with Gasteiger partial charge in [0, 0.05) is 0 Å². The molecule has 3 aromatic rings. The molecule has 37 heavy (non-hydrogen) atoms. The fourth-order valence-electron chi connectivity index (χ4n) is 4.42. The van der Waals surface area contributed by atoms with E-state index in [2.05, 4.69) is 91.0 Å². The molecular weight excluding hydrogens is 483 g/mol. The van der Waals surface area contributed by atoms with Crippen LogP contribution in [0.2, 0.25) is 0 Å². The van der Waals surface area contributed by atoms with Crippen LogP contribution in [0.15, 0.2) is 91.0 Å². The van der Waals surface area contributed by atoms with Gasteiger partial charge in [0.25, 0.3) is 0 Å². The number of esters is 1. The molecule has 3 rings (SSSR count). The standard InChI is InChI=1S/C31H41O5P/c1-31(2,3)36-30(32)19-20-33-21-22-34-23-24-35-25-26-37(27-13-7-4-8-14-27,28-15-9-5-10-16-28)29-17-11-6-12-18-29/h4-18,37H,19-26H2,1-3H3. The van der Waals surface area contributed by atoms with Crippen LogP contribution < -0.4 is 15.9 Å². The zero-order chi connectivity index (χ0) is 26.4. The van der Waals surface area contributed by atoms with E-state index in [0.29, 0.717) is 39.6 Å². The number of rotatable bonds is 15. The van der Waals surface area contributed by atoms with Crippen LogP contribution in [-0.4, -0.2) is 57.4 Å². The van der Waals surface area contributed by atoms with Crippen molar-refractivity contribution in [2.75, 3.05) is 45.8 Å². The summed E-state index contributed by atoms with van der Waals surface area (Å²) >= 11 is 0. The van der Waals surface area contributed by atoms with Crippen molar-refractivity contribution in [3.8, 4) is 0 Å². The summed E-state index contributed by atoms with van der Waals surface area (Å²) in [6.45, 7) is 8.50. The van der Waals surface area contributed by atoms with Gasteiger partial charge in [0.05, 0.1) is 0 Å². The Labute approximate surface area is 222 Å². The van der Waals surface area contributed by atoms with E-state index in [-0.39, 0.29) is 12.4 Å². The minimum atomic E-state index is -2.26. The number of ether oxygens (including phenoxy) is 4. The van der Waals surface area contributed by atoms with Gasteiger partial charge in [-0.3, -0.25) is 4.79 Å². The predicted molar refractivity (Wildman–Crippen MR) is 154 cm³/mol. The minimum absolute atomic E-state index is 0.246. The summed E-state index contributed by atoms with van der Waals surface area (Å²) in [6, 6.07) is 32.6. The number of benzene rings is 3. The normalized spacial score (nSPS) is 12.3. The zero-order valence-corrected chi connectivity index (χ0v) is 23.4. The van der Waals surface area contributed by atoms with Gasteiger partial charge in [-0.15, -0.1) is 0 Å². The molecular formula is C31H41O5P. The summed E-state index contributed by atoms with van der Waals surface area (Å²) in [5.74, 6) is -0.247. The van der Waals surface area contributed by atoms with Gasteiger partial charge < -0.3 is 4.74 Å². The van der Waals surface area contributed by atoms with Crippen LogP contribution in [0.4, 0.5) is 0 Å². The summed E-state index contributed by atoms with van der Waals surface area (Å²) < 4.78 is 22.5. The second kappa shape index (κ2) is 15.0. The molecule has 0 fully saturated rings. The monoisotopic (exact) mass is 524 g/mol. The van der Waals surface area contributed by atoms with E-state index < -0.39 is 12.9 Å². The SMILES string of the molecule is CC(C)(C)OC(=O)CCOCCOCCOCC[PH](c1ccccc1)(c1ccccc1)c1ccccc1. The van der Waals surface area contributed by atoms with Gasteiger partial charge in [-0.1, -0.05) is 0 Å². The Morgan fingerprint density at radius 2 is 0.973 bits per heavy atom. The molecule has 0 aliphatic rings. The quantitative estimate of drug-likeness (QED) is 0.167. The number of hydrogen-bond acceptors (Lipinski definition) is 5. The van der Waals surface area contributed by atoms with Gasteiger partial charge in [0.15, 0.2) is 0 Å². The number of carbonyl (C=O) groups excluding carboxylic acids is 1. The fourth-order valence-corrected chi connectivity index (χ4v) is 9.02. The summed E-state index contributed by atoms with van der Waals surface area (Å²) in [5, 5.41) is 4.15. The van der Waals surface area contributed by atoms with Crippen molar-refractivity contribution in [3.05, 3.63) is 91.0 Å². The van der Waals surface area contributed by atoms with Gasteiger partial charge in [-0.2, -0.15) is 0 Å². The molecule has 0 bridgehead atoms. The van der Waals surface area contributed by atoms with Crippen LogP contribution in [0.25, 0.3) is 0 Å². The summed E-state index contributed by atoms with van der Waals surface area (Å²) in [5.41, 5.74) is -0.467. The Morgan fingerprint density at radius 1 is 0.595 bits per heavy atom. The first kappa shape index (κ1) is 29.0. The maximum atomic E-state index is 11.7. The summed E-state index contributed by atoms with van der Waals surface area (Å²) in [6.07, 6.45) is 1.19. The summed E-state index contributed by atoms with van der Waals surface area (Å²) in [7, 11) is -2.26. The number of carbonyl (C=O) groups is 1. The van der Waals surface area contributed by atoms with Crippen LogP contribution in [0.1, 0.15) is 27.2 Å². The van der Waals surface area contributed by atoms with E-state index >= 15 is 0 Å². The zero-order valence-electron chi connectivity index (χ0n) is 22.4. The van der Waals surface area contributed by atoms with Crippen LogP contribution in [-0.2, 0) is 23.7 Å². The molecule has 0 atom stereocenters. The Kier molecular flexibility index (Phi) is 11.8. The molecule has 3 aromatic carbocycles. The van der Waals surface area contributed by atoms with Crippen molar-refractivity contribution in [3.63, 3.8) is 0 Å². The Balaban J connectivity index is 1.47. The summed E-state index contributed by atoms with van der Waals surface area (Å²) in [4.78, 5) is 11.7. The van der Waals surface area contributed by atoms with Crippen LogP contribution >= 0.6 is 7.26 Å². The van der Waals surface area contributed by atoms with Crippen LogP contribution in [0.5, 0.6) is 0 Å². The molecule has 6 heteroatoms. The van der Waals surface area contributed by atoms with Crippen LogP contribution in [0, 0.1) is 0 Å². The van der Waals surface area contributed by atoms with Crippen molar-refractivity contribution in [1.29, 1.82) is 0 Å². The third-order valence-electron chi connectivity index (χ3n) is 6.04.